The number of carbonyl (C=O) groups excluding carboxylic acids is 1. The molecule has 6 nitrogen and oxygen atoms in total. The van der Waals surface area contributed by atoms with Crippen LogP contribution in [0.25, 0.3) is 0 Å². The van der Waals surface area contributed by atoms with Gasteiger partial charge in [-0.2, -0.15) is 0 Å². The molecule has 22 heavy (non-hydrogen) atoms. The third-order valence-electron chi connectivity index (χ3n) is 4.35. The summed E-state index contributed by atoms with van der Waals surface area (Å²) in [6.07, 6.45) is 0. The molecule has 3 rings (SSSR count). The summed E-state index contributed by atoms with van der Waals surface area (Å²) >= 11 is 0. The monoisotopic (exact) mass is 305 g/mol. The smallest absolute Gasteiger partial charge is 0.253 e. The number of amides is 1. The molecular weight excluding hydrogens is 282 g/mol. The quantitative estimate of drug-likeness (QED) is 0.882. The SMILES string of the molecule is Cc1ccc(C(=O)N[C@H]2COC[C@@H]2N2CCOCC2)c(C)n1. The Morgan fingerprint density at radius 2 is 2.00 bits per heavy atom. The molecule has 1 aromatic heterocycles. The largest absolute Gasteiger partial charge is 0.379 e. The number of nitrogens with one attached hydrogen (secondary N) is 1. The van der Waals surface area contributed by atoms with Crippen LogP contribution in [0.2, 0.25) is 0 Å². The minimum atomic E-state index is -0.0706. The second-order valence-corrected chi connectivity index (χ2v) is 5.92. The van der Waals surface area contributed by atoms with Crippen molar-refractivity contribution in [2.75, 3.05) is 39.5 Å². The number of hydrogen-bond acceptors (Lipinski definition) is 5. The summed E-state index contributed by atoms with van der Waals surface area (Å²) in [5.74, 6) is -0.0706. The number of rotatable bonds is 3. The van der Waals surface area contributed by atoms with E-state index >= 15 is 0 Å². The summed E-state index contributed by atoms with van der Waals surface area (Å²) in [5.41, 5.74) is 2.32. The lowest BCUT2D eigenvalue weighted by Crippen LogP contribution is -2.54. The lowest BCUT2D eigenvalue weighted by molar-refractivity contribution is 0.0108. The van der Waals surface area contributed by atoms with Crippen molar-refractivity contribution in [3.8, 4) is 0 Å². The number of hydrogen-bond donors (Lipinski definition) is 1. The van der Waals surface area contributed by atoms with Gasteiger partial charge in [0, 0.05) is 18.8 Å². The van der Waals surface area contributed by atoms with Crippen LogP contribution in [0, 0.1) is 13.8 Å². The predicted octanol–water partition coefficient (Wildman–Crippen LogP) is 0.528. The molecule has 2 aliphatic heterocycles. The van der Waals surface area contributed by atoms with Crippen LogP contribution in [0.1, 0.15) is 21.7 Å². The molecule has 3 heterocycles. The molecule has 2 saturated heterocycles. The number of carbonyl (C=O) groups is 1. The Kier molecular flexibility index (Phi) is 4.71. The predicted molar refractivity (Wildman–Crippen MR) is 82.0 cm³/mol. The van der Waals surface area contributed by atoms with Crippen molar-refractivity contribution in [1.82, 2.24) is 15.2 Å². The van der Waals surface area contributed by atoms with Gasteiger partial charge in [0.15, 0.2) is 0 Å². The molecule has 0 bridgehead atoms. The Morgan fingerprint density at radius 3 is 2.73 bits per heavy atom. The van der Waals surface area contributed by atoms with E-state index in [0.29, 0.717) is 18.8 Å². The maximum atomic E-state index is 12.5. The van der Waals surface area contributed by atoms with E-state index in [0.717, 1.165) is 37.7 Å². The second-order valence-electron chi connectivity index (χ2n) is 5.92. The van der Waals surface area contributed by atoms with Crippen molar-refractivity contribution >= 4 is 5.91 Å². The average Bonchev–Trinajstić information content (AvgIpc) is 2.96. The molecular formula is C16H23N3O3. The number of aromatic nitrogens is 1. The molecule has 0 aromatic carbocycles. The number of nitrogens with zero attached hydrogens (tertiary/aromatic N) is 2. The third-order valence-corrected chi connectivity index (χ3v) is 4.35. The maximum absolute atomic E-state index is 12.5. The molecule has 0 aliphatic carbocycles. The van der Waals surface area contributed by atoms with Crippen molar-refractivity contribution in [3.63, 3.8) is 0 Å². The topological polar surface area (TPSA) is 63.7 Å². The van der Waals surface area contributed by atoms with Crippen LogP contribution in [0.5, 0.6) is 0 Å². The first-order chi connectivity index (χ1) is 10.6. The first-order valence-corrected chi connectivity index (χ1v) is 7.80. The summed E-state index contributed by atoms with van der Waals surface area (Å²) in [5, 5.41) is 3.12. The van der Waals surface area contributed by atoms with E-state index < -0.39 is 0 Å². The van der Waals surface area contributed by atoms with Gasteiger partial charge in [-0.05, 0) is 26.0 Å². The molecule has 2 fully saturated rings. The van der Waals surface area contributed by atoms with E-state index in [1.807, 2.05) is 26.0 Å². The van der Waals surface area contributed by atoms with Gasteiger partial charge in [-0.25, -0.2) is 0 Å². The summed E-state index contributed by atoms with van der Waals surface area (Å²) < 4.78 is 11.0. The summed E-state index contributed by atoms with van der Waals surface area (Å²) in [7, 11) is 0. The van der Waals surface area contributed by atoms with Gasteiger partial charge in [0.05, 0.1) is 49.8 Å². The highest BCUT2D eigenvalue weighted by Crippen LogP contribution is 2.16. The summed E-state index contributed by atoms with van der Waals surface area (Å²) in [6, 6.07) is 3.96. The average molecular weight is 305 g/mol. The summed E-state index contributed by atoms with van der Waals surface area (Å²) in [6.45, 7) is 8.30. The van der Waals surface area contributed by atoms with Gasteiger partial charge in [-0.15, -0.1) is 0 Å². The molecule has 1 N–H and O–H groups in total. The van der Waals surface area contributed by atoms with Crippen molar-refractivity contribution in [2.24, 2.45) is 0 Å². The van der Waals surface area contributed by atoms with Gasteiger partial charge in [0.2, 0.25) is 0 Å². The molecule has 2 aliphatic rings. The maximum Gasteiger partial charge on any atom is 0.253 e. The van der Waals surface area contributed by atoms with Crippen LogP contribution in [0.3, 0.4) is 0 Å². The number of aryl methyl sites for hydroxylation is 2. The van der Waals surface area contributed by atoms with E-state index in [1.54, 1.807) is 0 Å². The van der Waals surface area contributed by atoms with Crippen LogP contribution in [-0.4, -0.2) is 67.4 Å². The molecule has 0 saturated carbocycles. The Hall–Kier alpha value is -1.50. The Balaban J connectivity index is 1.67. The van der Waals surface area contributed by atoms with Crippen LogP contribution in [-0.2, 0) is 9.47 Å². The fourth-order valence-corrected chi connectivity index (χ4v) is 3.12. The zero-order valence-electron chi connectivity index (χ0n) is 13.2. The highest BCUT2D eigenvalue weighted by molar-refractivity contribution is 5.95. The van der Waals surface area contributed by atoms with E-state index in [1.165, 1.54) is 0 Å². The molecule has 1 aromatic rings. The highest BCUT2D eigenvalue weighted by Gasteiger charge is 2.35. The van der Waals surface area contributed by atoms with Gasteiger partial charge >= 0.3 is 0 Å². The van der Waals surface area contributed by atoms with Gasteiger partial charge in [0.25, 0.3) is 5.91 Å². The van der Waals surface area contributed by atoms with Gasteiger partial charge in [-0.1, -0.05) is 0 Å². The van der Waals surface area contributed by atoms with Crippen LogP contribution in [0.4, 0.5) is 0 Å². The van der Waals surface area contributed by atoms with Gasteiger partial charge in [-0.3, -0.25) is 14.7 Å². The van der Waals surface area contributed by atoms with Crippen molar-refractivity contribution in [1.29, 1.82) is 0 Å². The lowest BCUT2D eigenvalue weighted by Gasteiger charge is -2.34. The van der Waals surface area contributed by atoms with E-state index in [4.69, 9.17) is 9.47 Å². The Labute approximate surface area is 130 Å². The fraction of sp³-hybridized carbons (Fsp3) is 0.625. The van der Waals surface area contributed by atoms with Crippen molar-refractivity contribution < 1.29 is 14.3 Å². The summed E-state index contributed by atoms with van der Waals surface area (Å²) in [4.78, 5) is 19.2. The van der Waals surface area contributed by atoms with Crippen molar-refractivity contribution in [2.45, 2.75) is 25.9 Å². The van der Waals surface area contributed by atoms with Gasteiger partial charge < -0.3 is 14.8 Å². The Morgan fingerprint density at radius 1 is 1.23 bits per heavy atom. The zero-order chi connectivity index (χ0) is 15.5. The molecule has 0 radical (unpaired) electrons. The van der Waals surface area contributed by atoms with Crippen LogP contribution >= 0.6 is 0 Å². The first-order valence-electron chi connectivity index (χ1n) is 7.80. The molecule has 0 unspecified atom stereocenters. The van der Waals surface area contributed by atoms with E-state index in [-0.39, 0.29) is 18.0 Å². The number of ether oxygens (including phenoxy) is 2. The number of pyridine rings is 1. The minimum absolute atomic E-state index is 0.0197. The first kappa shape index (κ1) is 15.4. The zero-order valence-corrected chi connectivity index (χ0v) is 13.2. The van der Waals surface area contributed by atoms with Crippen LogP contribution in [0.15, 0.2) is 12.1 Å². The van der Waals surface area contributed by atoms with Crippen molar-refractivity contribution in [3.05, 3.63) is 29.1 Å². The van der Waals surface area contributed by atoms with E-state index in [2.05, 4.69) is 15.2 Å². The third kappa shape index (κ3) is 3.29. The minimum Gasteiger partial charge on any atom is -0.379 e. The molecule has 0 spiro atoms. The second kappa shape index (κ2) is 6.73. The standard InChI is InChI=1S/C16H23N3O3/c1-11-3-4-13(12(2)17-11)16(20)18-14-9-22-10-15(14)19-5-7-21-8-6-19/h3-4,14-15H,5-10H2,1-2H3,(H,18,20)/t14-,15-/m0/s1. The molecule has 2 atom stereocenters. The normalized spacial score (nSPS) is 26.1. The number of morpholine rings is 1. The fourth-order valence-electron chi connectivity index (χ4n) is 3.12. The molecule has 120 valence electrons. The molecule has 1 amide bonds. The van der Waals surface area contributed by atoms with Crippen LogP contribution < -0.4 is 5.32 Å². The highest BCUT2D eigenvalue weighted by atomic mass is 16.5. The van der Waals surface area contributed by atoms with Gasteiger partial charge in [0.1, 0.15) is 0 Å². The Bertz CT molecular complexity index is 543. The lowest BCUT2D eigenvalue weighted by atomic mass is 10.1. The molecule has 6 heteroatoms. The van der Waals surface area contributed by atoms with E-state index in [9.17, 15) is 4.79 Å².